The molecule has 6 nitrogen and oxygen atoms in total. The molecule has 1 aliphatic heterocycles. The fraction of sp³-hybridized carbons (Fsp3) is 0.667. The summed E-state index contributed by atoms with van der Waals surface area (Å²) in [5, 5.41) is 6.94. The van der Waals surface area contributed by atoms with Gasteiger partial charge in [-0.3, -0.25) is 9.89 Å². The van der Waals surface area contributed by atoms with Gasteiger partial charge in [-0.05, 0) is 45.5 Å². The zero-order valence-corrected chi connectivity index (χ0v) is 20.6. The molecule has 0 saturated carbocycles. The molecule has 1 aromatic carbocycles. The van der Waals surface area contributed by atoms with Crippen molar-refractivity contribution in [3.8, 4) is 0 Å². The number of nitrogens with zero attached hydrogens (tertiary/aromatic N) is 4. The van der Waals surface area contributed by atoms with Crippen LogP contribution in [0.5, 0.6) is 0 Å². The third kappa shape index (κ3) is 8.13. The predicted molar refractivity (Wildman–Crippen MR) is 132 cm³/mol. The Morgan fingerprint density at radius 1 is 1.21 bits per heavy atom. The van der Waals surface area contributed by atoms with Crippen molar-refractivity contribution in [2.75, 3.05) is 71.4 Å². The Bertz CT molecular complexity index is 586. The van der Waals surface area contributed by atoms with Crippen LogP contribution >= 0.6 is 24.0 Å². The lowest BCUT2D eigenvalue weighted by Gasteiger charge is -2.36. The van der Waals surface area contributed by atoms with Crippen molar-refractivity contribution in [1.82, 2.24) is 20.4 Å². The Morgan fingerprint density at radius 2 is 1.93 bits per heavy atom. The minimum atomic E-state index is 0. The first-order valence-electron chi connectivity index (χ1n) is 10.2. The van der Waals surface area contributed by atoms with E-state index in [0.29, 0.717) is 6.04 Å². The van der Waals surface area contributed by atoms with Gasteiger partial charge in [0.15, 0.2) is 5.96 Å². The second-order valence-corrected chi connectivity index (χ2v) is 7.49. The highest BCUT2D eigenvalue weighted by Crippen LogP contribution is 2.14. The summed E-state index contributed by atoms with van der Waals surface area (Å²) in [5.41, 5.74) is 2.58. The van der Waals surface area contributed by atoms with Crippen molar-refractivity contribution in [3.63, 3.8) is 0 Å². The highest BCUT2D eigenvalue weighted by molar-refractivity contribution is 14.0. The second kappa shape index (κ2) is 13.2. The summed E-state index contributed by atoms with van der Waals surface area (Å²) in [5.74, 6) is 0.885. The van der Waals surface area contributed by atoms with Gasteiger partial charge >= 0.3 is 0 Å². The van der Waals surface area contributed by atoms with Gasteiger partial charge in [0.05, 0.1) is 0 Å². The van der Waals surface area contributed by atoms with Crippen LogP contribution in [0.2, 0.25) is 0 Å². The van der Waals surface area contributed by atoms with E-state index in [9.17, 15) is 0 Å². The summed E-state index contributed by atoms with van der Waals surface area (Å²) in [7, 11) is 4.04. The highest BCUT2D eigenvalue weighted by Gasteiger charge is 2.19. The fourth-order valence-corrected chi connectivity index (χ4v) is 3.46. The number of hydrogen-bond donors (Lipinski definition) is 2. The van der Waals surface area contributed by atoms with Crippen LogP contribution in [0, 0.1) is 6.92 Å². The number of piperazine rings is 1. The quantitative estimate of drug-likeness (QED) is 0.325. The molecule has 1 aromatic rings. The molecule has 1 unspecified atom stereocenters. The van der Waals surface area contributed by atoms with Crippen molar-refractivity contribution in [1.29, 1.82) is 0 Å². The third-order valence-electron chi connectivity index (χ3n) is 5.37. The number of aryl methyl sites for hydroxylation is 1. The zero-order valence-electron chi connectivity index (χ0n) is 18.2. The van der Waals surface area contributed by atoms with Gasteiger partial charge in [-0.1, -0.05) is 12.1 Å². The van der Waals surface area contributed by atoms with Gasteiger partial charge < -0.3 is 20.4 Å². The van der Waals surface area contributed by atoms with E-state index in [2.05, 4.69) is 82.4 Å². The van der Waals surface area contributed by atoms with E-state index in [0.717, 1.165) is 58.3 Å². The zero-order chi connectivity index (χ0) is 19.6. The van der Waals surface area contributed by atoms with Gasteiger partial charge in [-0.15, -0.1) is 24.0 Å². The molecule has 0 amide bonds. The summed E-state index contributed by atoms with van der Waals surface area (Å²) < 4.78 is 0. The lowest BCUT2D eigenvalue weighted by molar-refractivity contribution is 0.120. The van der Waals surface area contributed by atoms with Crippen molar-refractivity contribution >= 4 is 35.6 Å². The maximum atomic E-state index is 4.38. The molecule has 0 bridgehead atoms. The normalized spacial score (nSPS) is 17.0. The standard InChI is InChI=1S/C21H38N6.HI/c1-6-26(20-9-7-8-18(2)16-20)11-10-23-21(22-4)24-17-19(3)27-14-12-25(5)13-15-27;/h7-9,16,19H,6,10-15,17H2,1-5H3,(H2,22,23,24);1H. The number of nitrogens with one attached hydrogen (secondary N) is 2. The summed E-state index contributed by atoms with van der Waals surface area (Å²) in [6, 6.07) is 9.20. The Balaban J connectivity index is 0.00000392. The first-order valence-corrected chi connectivity index (χ1v) is 10.2. The lowest BCUT2D eigenvalue weighted by atomic mass is 10.2. The summed E-state index contributed by atoms with van der Waals surface area (Å²) in [6.45, 7) is 15.0. The van der Waals surface area contributed by atoms with E-state index in [-0.39, 0.29) is 24.0 Å². The molecule has 1 saturated heterocycles. The van der Waals surface area contributed by atoms with Gasteiger partial charge in [0, 0.05) is 71.1 Å². The second-order valence-electron chi connectivity index (χ2n) is 7.49. The molecule has 1 atom stereocenters. The molecule has 2 N–H and O–H groups in total. The number of hydrogen-bond acceptors (Lipinski definition) is 4. The largest absolute Gasteiger partial charge is 0.370 e. The molecule has 0 aliphatic carbocycles. The van der Waals surface area contributed by atoms with Crippen molar-refractivity contribution < 1.29 is 0 Å². The number of anilines is 1. The van der Waals surface area contributed by atoms with Crippen LogP contribution < -0.4 is 15.5 Å². The summed E-state index contributed by atoms with van der Waals surface area (Å²) >= 11 is 0. The molecule has 1 fully saturated rings. The molecular weight excluding hydrogens is 463 g/mol. The maximum absolute atomic E-state index is 4.38. The van der Waals surface area contributed by atoms with E-state index in [1.54, 1.807) is 0 Å². The molecule has 7 heteroatoms. The number of halogens is 1. The van der Waals surface area contributed by atoms with Crippen molar-refractivity contribution in [2.45, 2.75) is 26.8 Å². The molecular formula is C21H39IN6. The monoisotopic (exact) mass is 502 g/mol. The van der Waals surface area contributed by atoms with Crippen LogP contribution in [-0.2, 0) is 0 Å². The first kappa shape index (κ1) is 25.0. The predicted octanol–water partition coefficient (Wildman–Crippen LogP) is 2.24. The van der Waals surface area contributed by atoms with Crippen LogP contribution in [0.15, 0.2) is 29.3 Å². The SMILES string of the molecule is CCN(CCNC(=NC)NCC(C)N1CCN(C)CC1)c1cccc(C)c1.I. The van der Waals surface area contributed by atoms with E-state index >= 15 is 0 Å². The molecule has 28 heavy (non-hydrogen) atoms. The Labute approximate surface area is 188 Å². The van der Waals surface area contributed by atoms with Gasteiger partial charge in [0.2, 0.25) is 0 Å². The van der Waals surface area contributed by atoms with Gasteiger partial charge in [0.25, 0.3) is 0 Å². The minimum absolute atomic E-state index is 0. The minimum Gasteiger partial charge on any atom is -0.370 e. The topological polar surface area (TPSA) is 46.1 Å². The molecule has 0 radical (unpaired) electrons. The average molecular weight is 502 g/mol. The van der Waals surface area contributed by atoms with Crippen LogP contribution in [0.3, 0.4) is 0 Å². The number of aliphatic imine (C=N–C) groups is 1. The van der Waals surface area contributed by atoms with Crippen LogP contribution in [0.1, 0.15) is 19.4 Å². The first-order chi connectivity index (χ1) is 13.0. The van der Waals surface area contributed by atoms with E-state index in [1.807, 2.05) is 7.05 Å². The van der Waals surface area contributed by atoms with E-state index < -0.39 is 0 Å². The molecule has 1 heterocycles. The van der Waals surface area contributed by atoms with Crippen LogP contribution in [-0.4, -0.2) is 88.3 Å². The number of benzene rings is 1. The van der Waals surface area contributed by atoms with E-state index in [4.69, 9.17) is 0 Å². The van der Waals surface area contributed by atoms with Crippen LogP contribution in [0.25, 0.3) is 0 Å². The van der Waals surface area contributed by atoms with Gasteiger partial charge in [0.1, 0.15) is 0 Å². The molecule has 2 rings (SSSR count). The molecule has 0 aromatic heterocycles. The van der Waals surface area contributed by atoms with Crippen molar-refractivity contribution in [2.24, 2.45) is 4.99 Å². The number of guanidine groups is 1. The molecule has 1 aliphatic rings. The number of likely N-dealkylation sites (N-methyl/N-ethyl adjacent to an activating group) is 2. The highest BCUT2D eigenvalue weighted by atomic mass is 127. The molecule has 0 spiro atoms. The third-order valence-corrected chi connectivity index (χ3v) is 5.37. The smallest absolute Gasteiger partial charge is 0.191 e. The Kier molecular flexibility index (Phi) is 11.8. The summed E-state index contributed by atoms with van der Waals surface area (Å²) in [6.07, 6.45) is 0. The van der Waals surface area contributed by atoms with Crippen LogP contribution in [0.4, 0.5) is 5.69 Å². The summed E-state index contributed by atoms with van der Waals surface area (Å²) in [4.78, 5) is 11.7. The van der Waals surface area contributed by atoms with Crippen molar-refractivity contribution in [3.05, 3.63) is 29.8 Å². The van der Waals surface area contributed by atoms with E-state index in [1.165, 1.54) is 11.3 Å². The number of rotatable bonds is 8. The van der Waals surface area contributed by atoms with Gasteiger partial charge in [-0.2, -0.15) is 0 Å². The Hall–Kier alpha value is -1.06. The maximum Gasteiger partial charge on any atom is 0.191 e. The molecule has 160 valence electrons. The average Bonchev–Trinajstić information content (AvgIpc) is 2.68. The lowest BCUT2D eigenvalue weighted by Crippen LogP contribution is -2.52. The van der Waals surface area contributed by atoms with Gasteiger partial charge in [-0.25, -0.2) is 0 Å². The fourth-order valence-electron chi connectivity index (χ4n) is 3.46. The Morgan fingerprint density at radius 3 is 2.54 bits per heavy atom.